The van der Waals surface area contributed by atoms with Crippen molar-refractivity contribution in [1.82, 2.24) is 5.32 Å². The molecule has 1 fully saturated rings. The molecule has 0 bridgehead atoms. The van der Waals surface area contributed by atoms with Gasteiger partial charge in [-0.2, -0.15) is 0 Å². The minimum absolute atomic E-state index is 0.00829. The van der Waals surface area contributed by atoms with Gasteiger partial charge in [-0.05, 0) is 31.0 Å². The number of nitrogens with zero attached hydrogens (tertiary/aromatic N) is 1. The van der Waals surface area contributed by atoms with Crippen LogP contribution in [-0.2, 0) is 0 Å². The van der Waals surface area contributed by atoms with Gasteiger partial charge >= 0.3 is 5.69 Å². The van der Waals surface area contributed by atoms with Crippen molar-refractivity contribution in [3.63, 3.8) is 0 Å². The minimum Gasteiger partial charge on any atom is -0.504 e. The molecule has 1 aromatic carbocycles. The molecule has 6 heteroatoms. The van der Waals surface area contributed by atoms with Crippen molar-refractivity contribution >= 4 is 5.69 Å². The fourth-order valence-electron chi connectivity index (χ4n) is 2.10. The van der Waals surface area contributed by atoms with Crippen LogP contribution in [0, 0.1) is 10.1 Å². The lowest BCUT2D eigenvalue weighted by Crippen LogP contribution is -2.26. The summed E-state index contributed by atoms with van der Waals surface area (Å²) in [6, 6.07) is 2.71. The van der Waals surface area contributed by atoms with Crippen LogP contribution in [-0.4, -0.2) is 21.7 Å². The van der Waals surface area contributed by atoms with Crippen LogP contribution in [0.3, 0.4) is 0 Å². The second-order valence-electron chi connectivity index (χ2n) is 4.17. The van der Waals surface area contributed by atoms with Gasteiger partial charge in [0.25, 0.3) is 0 Å². The number of benzene rings is 1. The first-order valence-corrected chi connectivity index (χ1v) is 5.53. The lowest BCUT2D eigenvalue weighted by molar-refractivity contribution is -0.386. The zero-order valence-corrected chi connectivity index (χ0v) is 9.22. The van der Waals surface area contributed by atoms with Crippen LogP contribution in [0.15, 0.2) is 12.1 Å². The van der Waals surface area contributed by atoms with Crippen LogP contribution in [0.5, 0.6) is 11.5 Å². The molecule has 1 saturated heterocycles. The fraction of sp³-hybridized carbons (Fsp3) is 0.455. The van der Waals surface area contributed by atoms with Gasteiger partial charge in [0.05, 0.1) is 4.92 Å². The molecular formula is C11H14N2O4. The fourth-order valence-corrected chi connectivity index (χ4v) is 2.10. The summed E-state index contributed by atoms with van der Waals surface area (Å²) in [5.41, 5.74) is 0.194. The van der Waals surface area contributed by atoms with Crippen LogP contribution in [0.25, 0.3) is 0 Å². The molecule has 1 aromatic rings. The van der Waals surface area contributed by atoms with Crippen molar-refractivity contribution in [1.29, 1.82) is 0 Å². The molecule has 1 aliphatic rings. The summed E-state index contributed by atoms with van der Waals surface area (Å²) in [5, 5.41) is 32.8. The SMILES string of the molecule is O=[N+]([O-])c1cc([C@H]2CCCCN2)cc(O)c1O. The minimum atomic E-state index is -0.693. The Morgan fingerprint density at radius 2 is 2.12 bits per heavy atom. The largest absolute Gasteiger partial charge is 0.504 e. The van der Waals surface area contributed by atoms with Gasteiger partial charge in [-0.25, -0.2) is 0 Å². The number of aromatic hydroxyl groups is 2. The molecule has 17 heavy (non-hydrogen) atoms. The van der Waals surface area contributed by atoms with Crippen molar-refractivity contribution < 1.29 is 15.1 Å². The van der Waals surface area contributed by atoms with E-state index < -0.39 is 22.1 Å². The zero-order valence-electron chi connectivity index (χ0n) is 9.22. The van der Waals surface area contributed by atoms with E-state index in [-0.39, 0.29) is 6.04 Å². The van der Waals surface area contributed by atoms with E-state index >= 15 is 0 Å². The van der Waals surface area contributed by atoms with Gasteiger partial charge in [-0.3, -0.25) is 10.1 Å². The highest BCUT2D eigenvalue weighted by molar-refractivity contribution is 5.57. The molecule has 2 rings (SSSR count). The smallest absolute Gasteiger partial charge is 0.314 e. The van der Waals surface area contributed by atoms with Gasteiger partial charge < -0.3 is 15.5 Å². The van der Waals surface area contributed by atoms with Crippen LogP contribution < -0.4 is 5.32 Å². The Hall–Kier alpha value is -1.82. The maximum absolute atomic E-state index is 10.7. The molecule has 3 N–H and O–H groups in total. The van der Waals surface area contributed by atoms with Crippen LogP contribution >= 0.6 is 0 Å². The molecular weight excluding hydrogens is 224 g/mol. The molecule has 1 atom stereocenters. The van der Waals surface area contributed by atoms with Crippen molar-refractivity contribution in [2.45, 2.75) is 25.3 Å². The molecule has 1 aliphatic heterocycles. The molecule has 0 amide bonds. The summed E-state index contributed by atoms with van der Waals surface area (Å²) in [6.45, 7) is 0.861. The van der Waals surface area contributed by atoms with E-state index in [1.807, 2.05) is 0 Å². The van der Waals surface area contributed by atoms with E-state index in [9.17, 15) is 20.3 Å². The van der Waals surface area contributed by atoms with Gasteiger partial charge in [0.2, 0.25) is 5.75 Å². The first-order chi connectivity index (χ1) is 8.09. The molecule has 0 spiro atoms. The zero-order chi connectivity index (χ0) is 12.4. The van der Waals surface area contributed by atoms with Crippen molar-refractivity contribution in [2.24, 2.45) is 0 Å². The van der Waals surface area contributed by atoms with Crippen molar-refractivity contribution in [2.75, 3.05) is 6.54 Å². The van der Waals surface area contributed by atoms with E-state index in [0.717, 1.165) is 25.8 Å². The van der Waals surface area contributed by atoms with Gasteiger partial charge in [0.1, 0.15) is 0 Å². The van der Waals surface area contributed by atoms with Crippen LogP contribution in [0.2, 0.25) is 0 Å². The Balaban J connectivity index is 2.37. The maximum atomic E-state index is 10.7. The predicted octanol–water partition coefficient (Wildman–Crippen LogP) is 1.82. The predicted molar refractivity (Wildman–Crippen MR) is 61.0 cm³/mol. The number of nitrogens with one attached hydrogen (secondary N) is 1. The van der Waals surface area contributed by atoms with Gasteiger partial charge in [-0.15, -0.1) is 0 Å². The third kappa shape index (κ3) is 2.31. The number of phenolic OH excluding ortho intramolecular Hbond substituents is 2. The molecule has 0 radical (unpaired) electrons. The number of hydrogen-bond donors (Lipinski definition) is 3. The quantitative estimate of drug-likeness (QED) is 0.415. The average molecular weight is 238 g/mol. The third-order valence-corrected chi connectivity index (χ3v) is 3.00. The maximum Gasteiger partial charge on any atom is 0.314 e. The number of piperidine rings is 1. The second kappa shape index (κ2) is 4.58. The van der Waals surface area contributed by atoms with E-state index in [4.69, 9.17) is 0 Å². The summed E-state index contributed by atoms with van der Waals surface area (Å²) < 4.78 is 0. The number of phenols is 2. The molecule has 0 unspecified atom stereocenters. The number of nitro groups is 1. The third-order valence-electron chi connectivity index (χ3n) is 3.00. The van der Waals surface area contributed by atoms with E-state index in [1.165, 1.54) is 12.1 Å². The second-order valence-corrected chi connectivity index (χ2v) is 4.17. The van der Waals surface area contributed by atoms with Crippen LogP contribution in [0.1, 0.15) is 30.9 Å². The van der Waals surface area contributed by atoms with Gasteiger partial charge in [-0.1, -0.05) is 6.42 Å². The lowest BCUT2D eigenvalue weighted by atomic mass is 9.97. The Morgan fingerprint density at radius 3 is 2.71 bits per heavy atom. The number of rotatable bonds is 2. The molecule has 0 aromatic heterocycles. The Labute approximate surface area is 98.0 Å². The van der Waals surface area contributed by atoms with Crippen LogP contribution in [0.4, 0.5) is 5.69 Å². The molecule has 6 nitrogen and oxygen atoms in total. The Kier molecular flexibility index (Phi) is 3.14. The summed E-state index contributed by atoms with van der Waals surface area (Å²) in [6.07, 6.45) is 3.01. The first-order valence-electron chi connectivity index (χ1n) is 5.53. The molecule has 0 aliphatic carbocycles. The highest BCUT2D eigenvalue weighted by atomic mass is 16.6. The number of nitro benzene ring substituents is 1. The molecule has 0 saturated carbocycles. The monoisotopic (exact) mass is 238 g/mol. The van der Waals surface area contributed by atoms with Gasteiger partial charge in [0.15, 0.2) is 5.75 Å². The average Bonchev–Trinajstić information content (AvgIpc) is 2.33. The van der Waals surface area contributed by atoms with E-state index in [0.29, 0.717) is 5.56 Å². The summed E-state index contributed by atoms with van der Waals surface area (Å²) >= 11 is 0. The Bertz CT molecular complexity index is 441. The highest BCUT2D eigenvalue weighted by Crippen LogP contribution is 2.38. The standard InChI is InChI=1S/C11H14N2O4/c14-10-6-7(8-3-1-2-4-12-8)5-9(11(10)15)13(16)17/h5-6,8,12,14-15H,1-4H2/t8-/m1/s1. The number of hydrogen-bond acceptors (Lipinski definition) is 5. The summed E-state index contributed by atoms with van der Waals surface area (Å²) in [7, 11) is 0. The summed E-state index contributed by atoms with van der Waals surface area (Å²) in [5.74, 6) is -1.11. The van der Waals surface area contributed by atoms with Crippen molar-refractivity contribution in [3.8, 4) is 11.5 Å². The van der Waals surface area contributed by atoms with E-state index in [2.05, 4.69) is 5.32 Å². The molecule has 1 heterocycles. The lowest BCUT2D eigenvalue weighted by Gasteiger charge is -2.23. The topological polar surface area (TPSA) is 95.6 Å². The first kappa shape index (κ1) is 11.7. The Morgan fingerprint density at radius 1 is 1.35 bits per heavy atom. The molecule has 92 valence electrons. The highest BCUT2D eigenvalue weighted by Gasteiger charge is 2.23. The van der Waals surface area contributed by atoms with E-state index in [1.54, 1.807) is 0 Å². The van der Waals surface area contributed by atoms with Gasteiger partial charge in [0, 0.05) is 12.1 Å². The normalized spacial score (nSPS) is 20.1. The summed E-state index contributed by atoms with van der Waals surface area (Å²) in [4.78, 5) is 10.0. The van der Waals surface area contributed by atoms with Crippen molar-refractivity contribution in [3.05, 3.63) is 27.8 Å².